The van der Waals surface area contributed by atoms with Gasteiger partial charge in [0.05, 0.1) is 4.90 Å². The number of nitrogens with one attached hydrogen (secondary N) is 1. The van der Waals surface area contributed by atoms with Crippen LogP contribution in [-0.4, -0.2) is 37.8 Å². The Hall–Kier alpha value is -1.15. The molecule has 1 fully saturated rings. The SMILES string of the molecule is CC(N)CC(=O)NCc1ccccc1S(=O)(=O)N1CCCCC1.Cl. The molecule has 0 bridgehead atoms. The highest BCUT2D eigenvalue weighted by molar-refractivity contribution is 7.89. The average molecular weight is 376 g/mol. The quantitative estimate of drug-likeness (QED) is 0.790. The third-order valence-electron chi connectivity index (χ3n) is 3.89. The summed E-state index contributed by atoms with van der Waals surface area (Å²) in [6, 6.07) is 6.62. The fourth-order valence-corrected chi connectivity index (χ4v) is 4.44. The first kappa shape index (κ1) is 20.9. The number of piperidine rings is 1. The van der Waals surface area contributed by atoms with Crippen molar-refractivity contribution in [3.63, 3.8) is 0 Å². The zero-order valence-electron chi connectivity index (χ0n) is 13.9. The van der Waals surface area contributed by atoms with Crippen molar-refractivity contribution in [2.45, 2.75) is 50.1 Å². The van der Waals surface area contributed by atoms with Crippen molar-refractivity contribution in [1.82, 2.24) is 9.62 Å². The standard InChI is InChI=1S/C16H25N3O3S.ClH/c1-13(17)11-16(20)18-12-14-7-3-4-8-15(14)23(21,22)19-9-5-2-6-10-19;/h3-4,7-8,13H,2,5-6,9-12,17H2,1H3,(H,18,20);1H. The van der Waals surface area contributed by atoms with E-state index in [0.29, 0.717) is 18.7 Å². The van der Waals surface area contributed by atoms with Crippen LogP contribution in [0.2, 0.25) is 0 Å². The zero-order chi connectivity index (χ0) is 16.9. The van der Waals surface area contributed by atoms with Crippen LogP contribution in [0.1, 0.15) is 38.2 Å². The van der Waals surface area contributed by atoms with Gasteiger partial charge in [-0.05, 0) is 31.4 Å². The summed E-state index contributed by atoms with van der Waals surface area (Å²) in [5, 5.41) is 2.74. The van der Waals surface area contributed by atoms with E-state index in [1.165, 1.54) is 0 Å². The molecule has 1 atom stereocenters. The number of carbonyl (C=O) groups excluding carboxylic acids is 1. The number of hydrogen-bond acceptors (Lipinski definition) is 4. The largest absolute Gasteiger partial charge is 0.352 e. The maximum absolute atomic E-state index is 12.8. The van der Waals surface area contributed by atoms with E-state index >= 15 is 0 Å². The lowest BCUT2D eigenvalue weighted by molar-refractivity contribution is -0.121. The minimum absolute atomic E-state index is 0. The van der Waals surface area contributed by atoms with Crippen LogP contribution in [0.3, 0.4) is 0 Å². The Balaban J connectivity index is 0.00000288. The van der Waals surface area contributed by atoms with Crippen LogP contribution < -0.4 is 11.1 Å². The Bertz CT molecular complexity index is 644. The maximum atomic E-state index is 12.8. The van der Waals surface area contributed by atoms with Crippen molar-refractivity contribution in [2.24, 2.45) is 5.73 Å². The van der Waals surface area contributed by atoms with Crippen LogP contribution in [0.25, 0.3) is 0 Å². The highest BCUT2D eigenvalue weighted by Crippen LogP contribution is 2.23. The molecule has 136 valence electrons. The Kier molecular flexibility index (Phi) is 8.15. The second-order valence-electron chi connectivity index (χ2n) is 6.03. The number of nitrogens with zero attached hydrogens (tertiary/aromatic N) is 1. The fraction of sp³-hybridized carbons (Fsp3) is 0.562. The predicted molar refractivity (Wildman–Crippen MR) is 96.4 cm³/mol. The highest BCUT2D eigenvalue weighted by Gasteiger charge is 2.27. The lowest BCUT2D eigenvalue weighted by Crippen LogP contribution is -2.36. The summed E-state index contributed by atoms with van der Waals surface area (Å²) in [6.07, 6.45) is 3.08. The molecule has 1 saturated heterocycles. The predicted octanol–water partition coefficient (Wildman–Crippen LogP) is 1.64. The van der Waals surface area contributed by atoms with Crippen LogP contribution >= 0.6 is 12.4 Å². The molecule has 0 spiro atoms. The summed E-state index contributed by atoms with van der Waals surface area (Å²) < 4.78 is 27.2. The van der Waals surface area contributed by atoms with Crippen molar-refractivity contribution in [3.8, 4) is 0 Å². The van der Waals surface area contributed by atoms with Crippen molar-refractivity contribution < 1.29 is 13.2 Å². The van der Waals surface area contributed by atoms with Crippen molar-refractivity contribution in [2.75, 3.05) is 13.1 Å². The van der Waals surface area contributed by atoms with Gasteiger partial charge in [0.15, 0.2) is 0 Å². The molecule has 1 aromatic rings. The molecule has 1 unspecified atom stereocenters. The molecular weight excluding hydrogens is 350 g/mol. The van der Waals surface area contributed by atoms with Crippen molar-refractivity contribution in [3.05, 3.63) is 29.8 Å². The molecule has 1 aromatic carbocycles. The number of amides is 1. The van der Waals surface area contributed by atoms with E-state index < -0.39 is 10.0 Å². The summed E-state index contributed by atoms with van der Waals surface area (Å²) in [5.41, 5.74) is 6.20. The molecule has 1 aliphatic rings. The summed E-state index contributed by atoms with van der Waals surface area (Å²) in [4.78, 5) is 12.0. The van der Waals surface area contributed by atoms with Gasteiger partial charge in [-0.1, -0.05) is 24.6 Å². The highest BCUT2D eigenvalue weighted by atomic mass is 35.5. The van der Waals surface area contributed by atoms with Crippen LogP contribution in [-0.2, 0) is 21.4 Å². The summed E-state index contributed by atoms with van der Waals surface area (Å²) in [5.74, 6) is -0.176. The number of benzene rings is 1. The van der Waals surface area contributed by atoms with E-state index in [-0.39, 0.29) is 42.2 Å². The van der Waals surface area contributed by atoms with Gasteiger partial charge in [-0.15, -0.1) is 12.4 Å². The monoisotopic (exact) mass is 375 g/mol. The van der Waals surface area contributed by atoms with Crippen LogP contribution in [0.5, 0.6) is 0 Å². The van der Waals surface area contributed by atoms with Crippen molar-refractivity contribution in [1.29, 1.82) is 0 Å². The zero-order valence-corrected chi connectivity index (χ0v) is 15.5. The van der Waals surface area contributed by atoms with E-state index in [0.717, 1.165) is 19.3 Å². The first-order chi connectivity index (χ1) is 10.9. The Morgan fingerprint density at radius 2 is 1.88 bits per heavy atom. The van der Waals surface area contributed by atoms with E-state index in [1.54, 1.807) is 35.5 Å². The Morgan fingerprint density at radius 1 is 1.25 bits per heavy atom. The molecule has 6 nitrogen and oxygen atoms in total. The number of sulfonamides is 1. The van der Waals surface area contributed by atoms with Gasteiger partial charge in [0, 0.05) is 32.1 Å². The normalized spacial score (nSPS) is 16.9. The second kappa shape index (κ2) is 9.36. The number of hydrogen-bond donors (Lipinski definition) is 2. The van der Waals surface area contributed by atoms with Crippen molar-refractivity contribution >= 4 is 28.3 Å². The minimum Gasteiger partial charge on any atom is -0.352 e. The second-order valence-corrected chi connectivity index (χ2v) is 7.94. The average Bonchev–Trinajstić information content (AvgIpc) is 2.53. The molecule has 8 heteroatoms. The first-order valence-electron chi connectivity index (χ1n) is 8.01. The van der Waals surface area contributed by atoms with E-state index in [1.807, 2.05) is 0 Å². The Morgan fingerprint density at radius 3 is 2.50 bits per heavy atom. The number of nitrogens with two attached hydrogens (primary N) is 1. The van der Waals surface area contributed by atoms with Gasteiger partial charge in [0.1, 0.15) is 0 Å². The molecule has 0 radical (unpaired) electrons. The molecule has 2 rings (SSSR count). The lowest BCUT2D eigenvalue weighted by atomic mass is 10.2. The molecule has 1 heterocycles. The van der Waals surface area contributed by atoms with Gasteiger partial charge in [0.2, 0.25) is 15.9 Å². The van der Waals surface area contributed by atoms with Crippen LogP contribution in [0, 0.1) is 0 Å². The van der Waals surface area contributed by atoms with Gasteiger partial charge in [-0.25, -0.2) is 8.42 Å². The van der Waals surface area contributed by atoms with E-state index in [2.05, 4.69) is 5.32 Å². The van der Waals surface area contributed by atoms with E-state index in [9.17, 15) is 13.2 Å². The van der Waals surface area contributed by atoms with Crippen LogP contribution in [0.4, 0.5) is 0 Å². The lowest BCUT2D eigenvalue weighted by Gasteiger charge is -2.26. The molecule has 1 amide bonds. The maximum Gasteiger partial charge on any atom is 0.243 e. The van der Waals surface area contributed by atoms with E-state index in [4.69, 9.17) is 5.73 Å². The molecule has 0 aromatic heterocycles. The number of halogens is 1. The topological polar surface area (TPSA) is 92.5 Å². The van der Waals surface area contributed by atoms with Gasteiger partial charge in [0.25, 0.3) is 0 Å². The van der Waals surface area contributed by atoms with Gasteiger partial charge in [-0.3, -0.25) is 4.79 Å². The van der Waals surface area contributed by atoms with Gasteiger partial charge < -0.3 is 11.1 Å². The third kappa shape index (κ3) is 5.44. The van der Waals surface area contributed by atoms with Crippen LogP contribution in [0.15, 0.2) is 29.2 Å². The fourth-order valence-electron chi connectivity index (χ4n) is 2.70. The molecule has 3 N–H and O–H groups in total. The molecule has 1 aliphatic heterocycles. The molecule has 24 heavy (non-hydrogen) atoms. The van der Waals surface area contributed by atoms with Gasteiger partial charge >= 0.3 is 0 Å². The van der Waals surface area contributed by atoms with Gasteiger partial charge in [-0.2, -0.15) is 4.31 Å². The molecular formula is C16H26ClN3O3S. The first-order valence-corrected chi connectivity index (χ1v) is 9.45. The molecule has 0 saturated carbocycles. The summed E-state index contributed by atoms with van der Waals surface area (Å²) in [7, 11) is -3.51. The number of rotatable bonds is 6. The third-order valence-corrected chi connectivity index (χ3v) is 5.89. The molecule has 0 aliphatic carbocycles. The minimum atomic E-state index is -3.51. The summed E-state index contributed by atoms with van der Waals surface area (Å²) >= 11 is 0. The Labute approximate surface area is 150 Å². The number of carbonyl (C=O) groups is 1. The smallest absolute Gasteiger partial charge is 0.243 e. The summed E-state index contributed by atoms with van der Waals surface area (Å²) in [6.45, 7) is 3.07.